The maximum atomic E-state index is 13.6. The topological polar surface area (TPSA) is 57.6 Å². The molecule has 154 valence electrons. The molecule has 1 saturated carbocycles. The van der Waals surface area contributed by atoms with Crippen molar-refractivity contribution in [1.29, 1.82) is 0 Å². The first-order valence-corrected chi connectivity index (χ1v) is 10.6. The van der Waals surface area contributed by atoms with Crippen molar-refractivity contribution in [3.63, 3.8) is 0 Å². The van der Waals surface area contributed by atoms with Crippen LogP contribution >= 0.6 is 11.6 Å². The van der Waals surface area contributed by atoms with E-state index < -0.39 is 5.97 Å². The summed E-state index contributed by atoms with van der Waals surface area (Å²) in [4.78, 5) is 26.5. The van der Waals surface area contributed by atoms with Gasteiger partial charge in [0.15, 0.2) is 0 Å². The van der Waals surface area contributed by atoms with E-state index in [0.717, 1.165) is 35.2 Å². The lowest BCUT2D eigenvalue weighted by Crippen LogP contribution is -2.20. The van der Waals surface area contributed by atoms with Crippen LogP contribution in [-0.4, -0.2) is 17.0 Å². The van der Waals surface area contributed by atoms with Crippen LogP contribution in [0, 0.1) is 6.92 Å². The van der Waals surface area contributed by atoms with Gasteiger partial charge in [-0.1, -0.05) is 35.9 Å². The van der Waals surface area contributed by atoms with Crippen molar-refractivity contribution in [3.05, 3.63) is 93.5 Å². The number of halogens is 1. The first-order valence-electron chi connectivity index (χ1n) is 10.2. The van der Waals surface area contributed by atoms with Gasteiger partial charge in [-0.15, -0.1) is 0 Å². The summed E-state index contributed by atoms with van der Waals surface area (Å²) >= 11 is 6.57. The summed E-state index contributed by atoms with van der Waals surface area (Å²) in [6, 6.07) is 18.1. The largest absolute Gasteiger partial charge is 0.478 e. The fourth-order valence-corrected chi connectivity index (χ4v) is 4.51. The molecule has 1 aliphatic carbocycles. The summed E-state index contributed by atoms with van der Waals surface area (Å²) < 4.78 is 0. The quantitative estimate of drug-likeness (QED) is 0.485. The van der Waals surface area contributed by atoms with Gasteiger partial charge in [-0.25, -0.2) is 4.79 Å². The second-order valence-electron chi connectivity index (χ2n) is 8.04. The van der Waals surface area contributed by atoms with E-state index >= 15 is 0 Å². The maximum absolute atomic E-state index is 13.6. The number of anilines is 2. The fraction of sp³-hybridized carbons (Fsp3) is 0.154. The second-order valence-corrected chi connectivity index (χ2v) is 8.44. The molecule has 2 aliphatic rings. The van der Waals surface area contributed by atoms with Crippen molar-refractivity contribution in [2.45, 2.75) is 25.7 Å². The second kappa shape index (κ2) is 7.40. The molecule has 5 heteroatoms. The molecule has 3 aromatic carbocycles. The Hall–Kier alpha value is -3.37. The number of carbonyl (C=O) groups excluding carboxylic acids is 1. The lowest BCUT2D eigenvalue weighted by molar-refractivity contribution is -0.112. The van der Waals surface area contributed by atoms with Gasteiger partial charge in [-0.05, 0) is 84.8 Å². The molecule has 0 atom stereocenters. The van der Waals surface area contributed by atoms with E-state index in [4.69, 9.17) is 11.6 Å². The summed E-state index contributed by atoms with van der Waals surface area (Å²) in [5.74, 6) is -0.644. The molecule has 1 fully saturated rings. The Morgan fingerprint density at radius 3 is 2.45 bits per heavy atom. The number of carbonyl (C=O) groups is 2. The van der Waals surface area contributed by atoms with E-state index in [0.29, 0.717) is 22.2 Å². The highest BCUT2D eigenvalue weighted by Crippen LogP contribution is 2.47. The van der Waals surface area contributed by atoms with Gasteiger partial charge in [-0.3, -0.25) is 9.69 Å². The highest BCUT2D eigenvalue weighted by atomic mass is 35.5. The average Bonchev–Trinajstić information content (AvgIpc) is 3.55. The van der Waals surface area contributed by atoms with Gasteiger partial charge in [0.25, 0.3) is 5.91 Å². The smallest absolute Gasteiger partial charge is 0.335 e. The van der Waals surface area contributed by atoms with Crippen LogP contribution in [0.15, 0.2) is 60.7 Å². The Morgan fingerprint density at radius 2 is 1.77 bits per heavy atom. The Morgan fingerprint density at radius 1 is 1.06 bits per heavy atom. The van der Waals surface area contributed by atoms with Crippen LogP contribution in [0.2, 0.25) is 5.02 Å². The van der Waals surface area contributed by atoms with Gasteiger partial charge in [-0.2, -0.15) is 0 Å². The molecule has 3 aromatic rings. The van der Waals surface area contributed by atoms with E-state index in [-0.39, 0.29) is 11.5 Å². The number of fused-ring (bicyclic) bond motifs is 1. The van der Waals surface area contributed by atoms with E-state index in [1.54, 1.807) is 17.0 Å². The van der Waals surface area contributed by atoms with Crippen molar-refractivity contribution >= 4 is 46.5 Å². The van der Waals surface area contributed by atoms with Gasteiger partial charge in [0, 0.05) is 16.3 Å². The lowest BCUT2D eigenvalue weighted by Gasteiger charge is -2.17. The summed E-state index contributed by atoms with van der Waals surface area (Å²) in [6.45, 7) is 1.99. The number of aromatic carboxylic acids is 1. The molecule has 1 amide bonds. The summed E-state index contributed by atoms with van der Waals surface area (Å²) in [7, 11) is 0. The SMILES string of the molecule is Cc1cccc2c1/C(=C/c1c(Cl)cccc1C1CC1)C(=O)N2c1ccc(C(=O)O)cc1. The summed E-state index contributed by atoms with van der Waals surface area (Å²) in [5, 5.41) is 9.84. The van der Waals surface area contributed by atoms with Crippen LogP contribution in [-0.2, 0) is 4.79 Å². The number of carboxylic acids is 1. The van der Waals surface area contributed by atoms with Gasteiger partial charge < -0.3 is 5.11 Å². The Labute approximate surface area is 185 Å². The van der Waals surface area contributed by atoms with Crippen LogP contribution in [0.3, 0.4) is 0 Å². The van der Waals surface area contributed by atoms with Crippen LogP contribution in [0.1, 0.15) is 51.4 Å². The highest BCUT2D eigenvalue weighted by molar-refractivity contribution is 6.39. The molecule has 1 N–H and O–H groups in total. The molecule has 4 nitrogen and oxygen atoms in total. The zero-order valence-electron chi connectivity index (χ0n) is 16.9. The minimum atomic E-state index is -0.998. The van der Waals surface area contributed by atoms with Crippen molar-refractivity contribution in [2.75, 3.05) is 4.90 Å². The van der Waals surface area contributed by atoms with Gasteiger partial charge in [0.05, 0.1) is 16.8 Å². The van der Waals surface area contributed by atoms with Crippen molar-refractivity contribution in [2.24, 2.45) is 0 Å². The number of hydrogen-bond acceptors (Lipinski definition) is 2. The number of amides is 1. The summed E-state index contributed by atoms with van der Waals surface area (Å²) in [5.41, 5.74) is 6.19. The van der Waals surface area contributed by atoms with Crippen LogP contribution in [0.25, 0.3) is 11.6 Å². The van der Waals surface area contributed by atoms with Crippen molar-refractivity contribution < 1.29 is 14.7 Å². The predicted molar refractivity (Wildman–Crippen MR) is 123 cm³/mol. The minimum Gasteiger partial charge on any atom is -0.478 e. The molecule has 0 spiro atoms. The molecule has 0 saturated heterocycles. The standard InChI is InChI=1S/C26H20ClNO3/c1-15-4-2-7-23-24(15)21(14-20-19(16-8-9-16)5-3-6-22(20)27)25(29)28(23)18-12-10-17(11-13-18)26(30)31/h2-7,10-14,16H,8-9H2,1H3,(H,30,31)/b21-14-. The molecule has 0 radical (unpaired) electrons. The van der Waals surface area contributed by atoms with E-state index in [1.165, 1.54) is 17.7 Å². The highest BCUT2D eigenvalue weighted by Gasteiger charge is 2.35. The maximum Gasteiger partial charge on any atom is 0.335 e. The molecular weight excluding hydrogens is 410 g/mol. The third-order valence-corrected chi connectivity index (χ3v) is 6.29. The molecule has 0 unspecified atom stereocenters. The first kappa shape index (κ1) is 19.6. The minimum absolute atomic E-state index is 0.144. The zero-order chi connectivity index (χ0) is 21.7. The Kier molecular flexibility index (Phi) is 4.67. The average molecular weight is 430 g/mol. The molecule has 1 aliphatic heterocycles. The number of carboxylic acid groups (broad SMARTS) is 1. The number of aryl methyl sites for hydroxylation is 1. The van der Waals surface area contributed by atoms with Crippen LogP contribution in [0.4, 0.5) is 11.4 Å². The van der Waals surface area contributed by atoms with Gasteiger partial charge >= 0.3 is 5.97 Å². The summed E-state index contributed by atoms with van der Waals surface area (Å²) in [6.07, 6.45) is 4.21. The third kappa shape index (κ3) is 3.33. The fourth-order valence-electron chi connectivity index (χ4n) is 4.27. The molecule has 0 bridgehead atoms. The predicted octanol–water partition coefficient (Wildman–Crippen LogP) is 6.44. The molecule has 1 heterocycles. The molecule has 0 aromatic heterocycles. The number of benzene rings is 3. The lowest BCUT2D eigenvalue weighted by atomic mass is 9.96. The van der Waals surface area contributed by atoms with Crippen LogP contribution < -0.4 is 4.90 Å². The molecular formula is C26H20ClNO3. The van der Waals surface area contributed by atoms with Crippen LogP contribution in [0.5, 0.6) is 0 Å². The molecule has 5 rings (SSSR count). The van der Waals surface area contributed by atoms with E-state index in [9.17, 15) is 14.7 Å². The van der Waals surface area contributed by atoms with E-state index in [1.807, 2.05) is 43.3 Å². The van der Waals surface area contributed by atoms with Crippen molar-refractivity contribution in [1.82, 2.24) is 0 Å². The van der Waals surface area contributed by atoms with Crippen molar-refractivity contribution in [3.8, 4) is 0 Å². The Balaban J connectivity index is 1.67. The number of rotatable bonds is 4. The normalized spacial score (nSPS) is 16.6. The number of hydrogen-bond donors (Lipinski definition) is 1. The van der Waals surface area contributed by atoms with E-state index in [2.05, 4.69) is 6.07 Å². The van der Waals surface area contributed by atoms with Gasteiger partial charge in [0.1, 0.15) is 0 Å². The third-order valence-electron chi connectivity index (χ3n) is 5.96. The first-order chi connectivity index (χ1) is 15.0. The Bertz CT molecular complexity index is 1260. The monoisotopic (exact) mass is 429 g/mol. The number of nitrogens with zero attached hydrogens (tertiary/aromatic N) is 1. The molecule has 31 heavy (non-hydrogen) atoms. The zero-order valence-corrected chi connectivity index (χ0v) is 17.7. The van der Waals surface area contributed by atoms with Gasteiger partial charge in [0.2, 0.25) is 0 Å².